The zero-order valence-corrected chi connectivity index (χ0v) is 10.4. The van der Waals surface area contributed by atoms with Gasteiger partial charge >= 0.3 is 5.69 Å². The second-order valence-corrected chi connectivity index (χ2v) is 4.79. The van der Waals surface area contributed by atoms with Crippen molar-refractivity contribution in [3.05, 3.63) is 27.4 Å². The summed E-state index contributed by atoms with van der Waals surface area (Å²) in [5, 5.41) is 0. The lowest BCUT2D eigenvalue weighted by atomic mass is 9.93. The number of aromatic nitrogens is 2. The minimum Gasteiger partial charge on any atom is -0.294 e. The minimum absolute atomic E-state index is 0.0625. The van der Waals surface area contributed by atoms with Gasteiger partial charge in [-0.2, -0.15) is 4.98 Å². The molecule has 1 aliphatic carbocycles. The van der Waals surface area contributed by atoms with Crippen LogP contribution in [0.4, 0.5) is 0 Å². The summed E-state index contributed by atoms with van der Waals surface area (Å²) in [4.78, 5) is 16.2. The highest BCUT2D eigenvalue weighted by Gasteiger charge is 2.20. The number of aryl methyl sites for hydroxylation is 1. The third-order valence-electron chi connectivity index (χ3n) is 3.37. The van der Waals surface area contributed by atoms with E-state index in [1.165, 1.54) is 24.1 Å². The van der Waals surface area contributed by atoms with Gasteiger partial charge in [0.25, 0.3) is 0 Å². The first-order chi connectivity index (χ1) is 7.65. The predicted molar refractivity (Wildman–Crippen MR) is 64.9 cm³/mol. The summed E-state index contributed by atoms with van der Waals surface area (Å²) in [7, 11) is 0. The molecule has 16 heavy (non-hydrogen) atoms. The molecule has 0 aliphatic heterocycles. The normalized spacial score (nSPS) is 15.2. The van der Waals surface area contributed by atoms with E-state index in [9.17, 15) is 4.79 Å². The lowest BCUT2D eigenvalue weighted by Gasteiger charge is -2.24. The third-order valence-corrected chi connectivity index (χ3v) is 3.37. The van der Waals surface area contributed by atoms with Crippen molar-refractivity contribution in [2.75, 3.05) is 0 Å². The molecule has 0 saturated heterocycles. The van der Waals surface area contributed by atoms with Crippen molar-refractivity contribution in [1.29, 1.82) is 0 Å². The monoisotopic (exact) mass is 220 g/mol. The first kappa shape index (κ1) is 11.4. The zero-order chi connectivity index (χ0) is 11.7. The summed E-state index contributed by atoms with van der Waals surface area (Å²) in [6.45, 7) is 6.20. The first-order valence-electron chi connectivity index (χ1n) is 6.28. The quantitative estimate of drug-likeness (QED) is 0.766. The Morgan fingerprint density at radius 1 is 1.31 bits per heavy atom. The number of nitrogens with zero attached hydrogens (tertiary/aromatic N) is 2. The second kappa shape index (κ2) is 4.40. The summed E-state index contributed by atoms with van der Waals surface area (Å²) < 4.78 is 1.88. The maximum Gasteiger partial charge on any atom is 0.348 e. The Bertz CT molecular complexity index is 446. The Morgan fingerprint density at radius 2 is 2.00 bits per heavy atom. The van der Waals surface area contributed by atoms with E-state index in [0.717, 1.165) is 25.0 Å². The van der Waals surface area contributed by atoms with Crippen molar-refractivity contribution in [1.82, 2.24) is 9.55 Å². The molecule has 1 heterocycles. The van der Waals surface area contributed by atoms with Gasteiger partial charge in [-0.15, -0.1) is 0 Å². The van der Waals surface area contributed by atoms with Crippen molar-refractivity contribution in [3.8, 4) is 0 Å². The molecule has 3 heteroatoms. The lowest BCUT2D eigenvalue weighted by Crippen LogP contribution is -2.32. The van der Waals surface area contributed by atoms with Gasteiger partial charge in [0.15, 0.2) is 0 Å². The molecule has 0 fully saturated rings. The van der Waals surface area contributed by atoms with Crippen LogP contribution in [0.5, 0.6) is 0 Å². The molecule has 0 N–H and O–H groups in total. The van der Waals surface area contributed by atoms with Crippen molar-refractivity contribution in [2.45, 2.75) is 58.9 Å². The Morgan fingerprint density at radius 3 is 2.62 bits per heavy atom. The fourth-order valence-electron chi connectivity index (χ4n) is 2.64. The highest BCUT2D eigenvalue weighted by atomic mass is 16.1. The van der Waals surface area contributed by atoms with Crippen LogP contribution in [0.1, 0.15) is 56.6 Å². The fraction of sp³-hybridized carbons (Fsp3) is 0.692. The number of hydrogen-bond donors (Lipinski definition) is 0. The molecule has 1 aromatic rings. The van der Waals surface area contributed by atoms with Gasteiger partial charge < -0.3 is 0 Å². The average molecular weight is 220 g/mol. The van der Waals surface area contributed by atoms with Crippen molar-refractivity contribution in [3.63, 3.8) is 0 Å². The maximum atomic E-state index is 12.0. The summed E-state index contributed by atoms with van der Waals surface area (Å²) in [5.41, 5.74) is 3.56. The lowest BCUT2D eigenvalue weighted by molar-refractivity contribution is 0.500. The fourth-order valence-corrected chi connectivity index (χ4v) is 2.64. The molecule has 0 unspecified atom stereocenters. The molecule has 0 aromatic carbocycles. The van der Waals surface area contributed by atoms with Crippen LogP contribution in [-0.4, -0.2) is 9.55 Å². The van der Waals surface area contributed by atoms with Crippen LogP contribution in [0.3, 0.4) is 0 Å². The van der Waals surface area contributed by atoms with E-state index in [4.69, 9.17) is 0 Å². The number of rotatable bonds is 2. The smallest absolute Gasteiger partial charge is 0.294 e. The van der Waals surface area contributed by atoms with E-state index < -0.39 is 0 Å². The van der Waals surface area contributed by atoms with E-state index in [2.05, 4.69) is 25.8 Å². The van der Waals surface area contributed by atoms with E-state index >= 15 is 0 Å². The molecule has 1 aliphatic rings. The summed E-state index contributed by atoms with van der Waals surface area (Å²) in [5.74, 6) is 0. The largest absolute Gasteiger partial charge is 0.348 e. The third kappa shape index (κ3) is 1.79. The molecule has 88 valence electrons. The molecule has 3 nitrogen and oxygen atoms in total. The molecule has 0 radical (unpaired) electrons. The van der Waals surface area contributed by atoms with Gasteiger partial charge in [0, 0.05) is 11.7 Å². The van der Waals surface area contributed by atoms with Crippen LogP contribution in [0, 0.1) is 0 Å². The molecule has 2 rings (SSSR count). The minimum atomic E-state index is -0.0625. The van der Waals surface area contributed by atoms with Gasteiger partial charge in [-0.3, -0.25) is 4.57 Å². The molecule has 0 bridgehead atoms. The molecule has 0 atom stereocenters. The summed E-state index contributed by atoms with van der Waals surface area (Å²) >= 11 is 0. The first-order valence-corrected chi connectivity index (χ1v) is 6.28. The van der Waals surface area contributed by atoms with Crippen LogP contribution in [0.25, 0.3) is 0 Å². The van der Waals surface area contributed by atoms with Crippen molar-refractivity contribution in [2.24, 2.45) is 0 Å². The van der Waals surface area contributed by atoms with Crippen LogP contribution < -0.4 is 5.69 Å². The molecule has 0 spiro atoms. The highest BCUT2D eigenvalue weighted by molar-refractivity contribution is 5.28. The molecule has 1 aromatic heterocycles. The Kier molecular flexibility index (Phi) is 3.13. The van der Waals surface area contributed by atoms with Gasteiger partial charge in [-0.1, -0.05) is 6.92 Å². The van der Waals surface area contributed by atoms with Crippen molar-refractivity contribution >= 4 is 0 Å². The van der Waals surface area contributed by atoms with Crippen LogP contribution in [0.15, 0.2) is 4.79 Å². The second-order valence-electron chi connectivity index (χ2n) is 4.79. The van der Waals surface area contributed by atoms with Crippen LogP contribution >= 0.6 is 0 Å². The molecule has 0 amide bonds. The SMILES string of the molecule is CCc1nc(=O)n(C(C)C)c2c1CCCC2. The Labute approximate surface area is 96.5 Å². The van der Waals surface area contributed by atoms with Crippen LogP contribution in [0.2, 0.25) is 0 Å². The highest BCUT2D eigenvalue weighted by Crippen LogP contribution is 2.24. The van der Waals surface area contributed by atoms with E-state index in [-0.39, 0.29) is 11.7 Å². The average Bonchev–Trinajstić information content (AvgIpc) is 2.27. The van der Waals surface area contributed by atoms with Gasteiger partial charge in [0.2, 0.25) is 0 Å². The number of fused-ring (bicyclic) bond motifs is 1. The van der Waals surface area contributed by atoms with E-state index in [1.807, 2.05) is 4.57 Å². The zero-order valence-electron chi connectivity index (χ0n) is 10.4. The molecular formula is C13H20N2O. The molecular weight excluding hydrogens is 200 g/mol. The van der Waals surface area contributed by atoms with E-state index in [0.29, 0.717) is 0 Å². The molecule has 0 saturated carbocycles. The standard InChI is InChI=1S/C13H20N2O/c1-4-11-10-7-5-6-8-12(10)15(9(2)3)13(16)14-11/h9H,4-8H2,1-3H3. The van der Waals surface area contributed by atoms with Gasteiger partial charge in [0.1, 0.15) is 0 Å². The topological polar surface area (TPSA) is 34.9 Å². The van der Waals surface area contributed by atoms with E-state index in [1.54, 1.807) is 0 Å². The van der Waals surface area contributed by atoms with Crippen LogP contribution in [-0.2, 0) is 19.3 Å². The Balaban J connectivity index is 2.68. The predicted octanol–water partition coefficient (Wildman–Crippen LogP) is 2.27. The van der Waals surface area contributed by atoms with Gasteiger partial charge in [-0.05, 0) is 51.5 Å². The maximum absolute atomic E-state index is 12.0. The van der Waals surface area contributed by atoms with Gasteiger partial charge in [0.05, 0.1) is 5.69 Å². The summed E-state index contributed by atoms with van der Waals surface area (Å²) in [6, 6.07) is 0.220. The van der Waals surface area contributed by atoms with Gasteiger partial charge in [-0.25, -0.2) is 4.79 Å². The number of hydrogen-bond acceptors (Lipinski definition) is 2. The van der Waals surface area contributed by atoms with Crippen molar-refractivity contribution < 1.29 is 0 Å². The Hall–Kier alpha value is -1.12. The summed E-state index contributed by atoms with van der Waals surface area (Å²) in [6.07, 6.45) is 5.44.